The number of hydrogen-bond acceptors (Lipinski definition) is 6. The zero-order valence-corrected chi connectivity index (χ0v) is 17.3. The summed E-state index contributed by atoms with van der Waals surface area (Å²) in [6, 6.07) is 8.00. The van der Waals surface area contributed by atoms with Crippen LogP contribution >= 0.6 is 23.1 Å². The number of carbonyl (C=O) groups is 1. The molecule has 5 nitrogen and oxygen atoms in total. The van der Waals surface area contributed by atoms with E-state index in [0.29, 0.717) is 27.7 Å². The molecule has 0 saturated carbocycles. The van der Waals surface area contributed by atoms with Gasteiger partial charge in [-0.1, -0.05) is 55.5 Å². The van der Waals surface area contributed by atoms with Crippen LogP contribution in [0.25, 0.3) is 6.08 Å². The smallest absolute Gasteiger partial charge is 0.267 e. The molecule has 1 aliphatic rings. The molecule has 0 N–H and O–H groups in total. The Hall–Kier alpha value is -2.25. The average Bonchev–Trinajstić information content (AvgIpc) is 3.16. The molecule has 7 heteroatoms. The predicted molar refractivity (Wildman–Crippen MR) is 114 cm³/mol. The van der Waals surface area contributed by atoms with E-state index in [1.165, 1.54) is 23.1 Å². The Labute approximate surface area is 167 Å². The molecule has 1 aromatic carbocycles. The van der Waals surface area contributed by atoms with Gasteiger partial charge in [0.1, 0.15) is 5.01 Å². The molecule has 0 atom stereocenters. The molecule has 0 spiro atoms. The van der Waals surface area contributed by atoms with Crippen LogP contribution in [-0.2, 0) is 11.2 Å². The van der Waals surface area contributed by atoms with Gasteiger partial charge < -0.3 is 0 Å². The highest BCUT2D eigenvalue weighted by molar-refractivity contribution is 8.18. The zero-order chi connectivity index (χ0) is 19.4. The van der Waals surface area contributed by atoms with E-state index in [4.69, 9.17) is 0 Å². The Morgan fingerprint density at radius 2 is 2.07 bits per heavy atom. The van der Waals surface area contributed by atoms with E-state index in [1.54, 1.807) is 11.0 Å². The molecule has 2 heterocycles. The number of amidine groups is 1. The van der Waals surface area contributed by atoms with Gasteiger partial charge >= 0.3 is 0 Å². The molecule has 27 heavy (non-hydrogen) atoms. The van der Waals surface area contributed by atoms with Crippen molar-refractivity contribution in [2.24, 2.45) is 10.9 Å². The number of hydrogen-bond donors (Lipinski definition) is 0. The van der Waals surface area contributed by atoms with Gasteiger partial charge in [0.15, 0.2) is 5.17 Å². The highest BCUT2D eigenvalue weighted by Gasteiger charge is 2.33. The number of aliphatic imine (C=N–C) groups is 1. The second-order valence-electron chi connectivity index (χ2n) is 6.64. The maximum absolute atomic E-state index is 12.8. The average molecular weight is 399 g/mol. The Kier molecular flexibility index (Phi) is 6.23. The van der Waals surface area contributed by atoms with Gasteiger partial charge in [-0.05, 0) is 41.8 Å². The van der Waals surface area contributed by atoms with Crippen LogP contribution in [0, 0.1) is 12.8 Å². The summed E-state index contributed by atoms with van der Waals surface area (Å²) in [4.78, 5) is 19.7. The van der Waals surface area contributed by atoms with E-state index in [0.717, 1.165) is 22.6 Å². The molecule has 1 amide bonds. The summed E-state index contributed by atoms with van der Waals surface area (Å²) in [5.74, 6) is 0.454. The second-order valence-corrected chi connectivity index (χ2v) is 8.69. The van der Waals surface area contributed by atoms with Crippen molar-refractivity contribution < 1.29 is 4.79 Å². The molecule has 1 fully saturated rings. The fourth-order valence-corrected chi connectivity index (χ4v) is 4.54. The van der Waals surface area contributed by atoms with Crippen molar-refractivity contribution in [1.82, 2.24) is 15.1 Å². The largest absolute Gasteiger partial charge is 0.282 e. The van der Waals surface area contributed by atoms with Gasteiger partial charge in [-0.3, -0.25) is 9.69 Å². The lowest BCUT2D eigenvalue weighted by atomic mass is 10.1. The van der Waals surface area contributed by atoms with Gasteiger partial charge in [0.05, 0.1) is 4.91 Å². The maximum atomic E-state index is 12.8. The number of amides is 1. The summed E-state index contributed by atoms with van der Waals surface area (Å²) in [7, 11) is 0. The Morgan fingerprint density at radius 1 is 1.30 bits per heavy atom. The van der Waals surface area contributed by atoms with Gasteiger partial charge in [-0.15, -0.1) is 16.8 Å². The van der Waals surface area contributed by atoms with E-state index in [1.807, 2.05) is 37.3 Å². The minimum atomic E-state index is -0.0613. The molecule has 0 bridgehead atoms. The number of carbonyl (C=O) groups excluding carboxylic acids is 1. The third-order valence-corrected chi connectivity index (χ3v) is 5.75. The first kappa shape index (κ1) is 19.5. The second kappa shape index (κ2) is 8.63. The fraction of sp³-hybridized carbons (Fsp3) is 0.300. The van der Waals surface area contributed by atoms with Gasteiger partial charge in [0, 0.05) is 13.0 Å². The number of thioether (sulfide) groups is 1. The first-order valence-corrected chi connectivity index (χ1v) is 10.4. The van der Waals surface area contributed by atoms with Crippen LogP contribution in [0.2, 0.25) is 0 Å². The van der Waals surface area contributed by atoms with Crippen LogP contribution in [0.1, 0.15) is 30.0 Å². The normalized spacial score (nSPS) is 17.5. The SMILES string of the molecule is C=CCN1C(=O)/C(=C\c2ccccc2C)SC1=Nc1nnc(CC(C)C)s1. The molecule has 0 radical (unpaired) electrons. The summed E-state index contributed by atoms with van der Waals surface area (Å²) < 4.78 is 0. The van der Waals surface area contributed by atoms with E-state index in [-0.39, 0.29) is 5.91 Å². The minimum Gasteiger partial charge on any atom is -0.282 e. The molecule has 140 valence electrons. The summed E-state index contributed by atoms with van der Waals surface area (Å²) in [5, 5.41) is 10.5. The van der Waals surface area contributed by atoms with E-state index < -0.39 is 0 Å². The van der Waals surface area contributed by atoms with Crippen LogP contribution in [-0.4, -0.2) is 32.7 Å². The molecule has 3 rings (SSSR count). The quantitative estimate of drug-likeness (QED) is 0.516. The monoisotopic (exact) mass is 398 g/mol. The minimum absolute atomic E-state index is 0.0613. The highest BCUT2D eigenvalue weighted by Crippen LogP contribution is 2.35. The number of aryl methyl sites for hydroxylation is 1. The summed E-state index contributed by atoms with van der Waals surface area (Å²) in [5.41, 5.74) is 2.16. The topological polar surface area (TPSA) is 58.5 Å². The first-order chi connectivity index (χ1) is 13.0. The summed E-state index contributed by atoms with van der Waals surface area (Å²) >= 11 is 2.84. The van der Waals surface area contributed by atoms with Crippen molar-refractivity contribution in [3.8, 4) is 0 Å². The van der Waals surface area contributed by atoms with Gasteiger partial charge in [0.25, 0.3) is 5.91 Å². The Morgan fingerprint density at radius 3 is 2.78 bits per heavy atom. The van der Waals surface area contributed by atoms with Crippen LogP contribution in [0.15, 0.2) is 46.8 Å². The number of aromatic nitrogens is 2. The van der Waals surface area contributed by atoms with E-state index in [9.17, 15) is 4.79 Å². The van der Waals surface area contributed by atoms with Gasteiger partial charge in [-0.25, -0.2) is 0 Å². The predicted octanol–water partition coefficient (Wildman–Crippen LogP) is 4.84. The summed E-state index contributed by atoms with van der Waals surface area (Å²) in [6.07, 6.45) is 4.50. The van der Waals surface area contributed by atoms with Crippen molar-refractivity contribution in [2.45, 2.75) is 27.2 Å². The third kappa shape index (κ3) is 4.73. The molecule has 1 aliphatic heterocycles. The van der Waals surface area contributed by atoms with Crippen molar-refractivity contribution in [3.63, 3.8) is 0 Å². The molecule has 2 aromatic rings. The number of benzene rings is 1. The van der Waals surface area contributed by atoms with Crippen LogP contribution in [0.3, 0.4) is 0 Å². The van der Waals surface area contributed by atoms with Crippen LogP contribution in [0.5, 0.6) is 0 Å². The van der Waals surface area contributed by atoms with Crippen LogP contribution < -0.4 is 0 Å². The highest BCUT2D eigenvalue weighted by atomic mass is 32.2. The first-order valence-electron chi connectivity index (χ1n) is 8.77. The lowest BCUT2D eigenvalue weighted by Crippen LogP contribution is -2.29. The number of nitrogens with zero attached hydrogens (tertiary/aromatic N) is 4. The van der Waals surface area contributed by atoms with Crippen LogP contribution in [0.4, 0.5) is 5.13 Å². The van der Waals surface area contributed by atoms with Crippen molar-refractivity contribution in [2.75, 3.05) is 6.54 Å². The third-order valence-electron chi connectivity index (χ3n) is 3.91. The molecular formula is C20H22N4OS2. The van der Waals surface area contributed by atoms with Crippen molar-refractivity contribution >= 4 is 45.4 Å². The summed E-state index contributed by atoms with van der Waals surface area (Å²) in [6.45, 7) is 10.5. The Balaban J connectivity index is 1.90. The van der Waals surface area contributed by atoms with Gasteiger partial charge in [-0.2, -0.15) is 4.99 Å². The lowest BCUT2D eigenvalue weighted by Gasteiger charge is -2.11. The Bertz CT molecular complexity index is 914. The van der Waals surface area contributed by atoms with Crippen molar-refractivity contribution in [3.05, 3.63) is 58.0 Å². The molecule has 0 unspecified atom stereocenters. The molecular weight excluding hydrogens is 376 g/mol. The molecule has 1 aromatic heterocycles. The molecule has 0 aliphatic carbocycles. The lowest BCUT2D eigenvalue weighted by molar-refractivity contribution is -0.121. The fourth-order valence-electron chi connectivity index (χ4n) is 2.57. The maximum Gasteiger partial charge on any atom is 0.267 e. The zero-order valence-electron chi connectivity index (χ0n) is 15.7. The van der Waals surface area contributed by atoms with Crippen molar-refractivity contribution in [1.29, 1.82) is 0 Å². The van der Waals surface area contributed by atoms with Gasteiger partial charge in [0.2, 0.25) is 5.13 Å². The van der Waals surface area contributed by atoms with E-state index >= 15 is 0 Å². The standard InChI is InChI=1S/C20H22N4OS2/c1-5-10-24-18(25)16(12-15-9-7-6-8-14(15)4)26-20(24)21-19-23-22-17(27-19)11-13(2)3/h5-9,12-13H,1,10-11H2,2-4H3/b16-12+,21-20?. The molecule has 1 saturated heterocycles. The number of rotatable bonds is 6. The van der Waals surface area contributed by atoms with E-state index in [2.05, 4.69) is 35.6 Å².